The number of nitrogens with one attached hydrogen (secondary N) is 2. The quantitative estimate of drug-likeness (QED) is 0.590. The first-order valence-electron chi connectivity index (χ1n) is 7.60. The van der Waals surface area contributed by atoms with E-state index in [0.717, 1.165) is 11.6 Å². The van der Waals surface area contributed by atoms with Crippen LogP contribution in [0.3, 0.4) is 0 Å². The van der Waals surface area contributed by atoms with Crippen molar-refractivity contribution in [2.75, 3.05) is 5.43 Å². The summed E-state index contributed by atoms with van der Waals surface area (Å²) >= 11 is 0. The van der Waals surface area contributed by atoms with E-state index in [2.05, 4.69) is 10.9 Å². The molecule has 0 aliphatic heterocycles. The Labute approximate surface area is 151 Å². The fourth-order valence-corrected chi connectivity index (χ4v) is 2.17. The van der Waals surface area contributed by atoms with Gasteiger partial charge in [-0.05, 0) is 36.2 Å². The van der Waals surface area contributed by atoms with Gasteiger partial charge in [-0.1, -0.05) is 12.1 Å². The lowest BCUT2D eigenvalue weighted by Gasteiger charge is -2.11. The molecule has 0 atom stereocenters. The second-order valence-corrected chi connectivity index (χ2v) is 5.47. The standard InChI is InChI=1S/C17H13F3N4O3/c18-17(19,20)13-6-7-14(15(9-13)24(26)27)22-23-16(25)8-5-11-1-3-12(10-21)4-2-11/h1-4,6-7,9,22H,5,8H2,(H,23,25). The second kappa shape index (κ2) is 8.18. The van der Waals surface area contributed by atoms with Crippen LogP contribution in [0.1, 0.15) is 23.1 Å². The molecule has 7 nitrogen and oxygen atoms in total. The SMILES string of the molecule is N#Cc1ccc(CCC(=O)NNc2ccc(C(F)(F)F)cc2[N+](=O)[O-])cc1. The molecule has 0 fully saturated rings. The average Bonchev–Trinajstić information content (AvgIpc) is 2.64. The molecule has 0 spiro atoms. The third kappa shape index (κ3) is 5.43. The Morgan fingerprint density at radius 3 is 2.41 bits per heavy atom. The number of alkyl halides is 3. The predicted molar refractivity (Wildman–Crippen MR) is 89.3 cm³/mol. The first kappa shape index (κ1) is 19.7. The Morgan fingerprint density at radius 2 is 1.85 bits per heavy atom. The molecule has 0 bridgehead atoms. The number of hydrogen-bond acceptors (Lipinski definition) is 5. The number of nitro benzene ring substituents is 1. The summed E-state index contributed by atoms with van der Waals surface area (Å²) in [4.78, 5) is 21.8. The van der Waals surface area contributed by atoms with E-state index in [9.17, 15) is 28.1 Å². The van der Waals surface area contributed by atoms with E-state index in [1.165, 1.54) is 0 Å². The monoisotopic (exact) mass is 378 g/mol. The molecule has 2 N–H and O–H groups in total. The van der Waals surface area contributed by atoms with Crippen molar-refractivity contribution in [3.63, 3.8) is 0 Å². The molecule has 0 heterocycles. The van der Waals surface area contributed by atoms with Gasteiger partial charge in [-0.25, -0.2) is 0 Å². The van der Waals surface area contributed by atoms with Crippen LogP contribution in [0, 0.1) is 21.4 Å². The zero-order valence-corrected chi connectivity index (χ0v) is 13.7. The van der Waals surface area contributed by atoms with Gasteiger partial charge in [0.25, 0.3) is 5.69 Å². The van der Waals surface area contributed by atoms with Crippen LogP contribution in [-0.4, -0.2) is 10.8 Å². The number of halogens is 3. The highest BCUT2D eigenvalue weighted by Crippen LogP contribution is 2.34. The molecular formula is C17H13F3N4O3. The maximum absolute atomic E-state index is 12.7. The van der Waals surface area contributed by atoms with Crippen LogP contribution in [0.2, 0.25) is 0 Å². The van der Waals surface area contributed by atoms with Gasteiger partial charge in [0.05, 0.1) is 22.1 Å². The van der Waals surface area contributed by atoms with Crippen LogP contribution >= 0.6 is 0 Å². The fourth-order valence-electron chi connectivity index (χ4n) is 2.17. The van der Waals surface area contributed by atoms with Crippen molar-refractivity contribution in [2.24, 2.45) is 0 Å². The van der Waals surface area contributed by atoms with Crippen LogP contribution in [0.5, 0.6) is 0 Å². The first-order chi connectivity index (χ1) is 12.7. The molecule has 0 unspecified atom stereocenters. The maximum Gasteiger partial charge on any atom is 0.416 e. The Hall–Kier alpha value is -3.61. The second-order valence-electron chi connectivity index (χ2n) is 5.47. The Balaban J connectivity index is 1.97. The van der Waals surface area contributed by atoms with Gasteiger partial charge >= 0.3 is 6.18 Å². The maximum atomic E-state index is 12.7. The lowest BCUT2D eigenvalue weighted by atomic mass is 10.1. The molecule has 0 saturated heterocycles. The number of carbonyl (C=O) groups is 1. The lowest BCUT2D eigenvalue weighted by molar-refractivity contribution is -0.384. The van der Waals surface area contributed by atoms with Crippen molar-refractivity contribution in [1.82, 2.24) is 5.43 Å². The topological polar surface area (TPSA) is 108 Å². The van der Waals surface area contributed by atoms with Gasteiger partial charge in [-0.3, -0.25) is 25.8 Å². The number of amides is 1. The predicted octanol–water partition coefficient (Wildman–Crippen LogP) is 3.56. The molecule has 140 valence electrons. The lowest BCUT2D eigenvalue weighted by Crippen LogP contribution is -2.30. The van der Waals surface area contributed by atoms with Crippen LogP contribution in [-0.2, 0) is 17.4 Å². The smallest absolute Gasteiger partial charge is 0.292 e. The number of aryl methyl sites for hydroxylation is 1. The number of carbonyl (C=O) groups excluding carboxylic acids is 1. The summed E-state index contributed by atoms with van der Waals surface area (Å²) in [5, 5.41) is 19.7. The summed E-state index contributed by atoms with van der Waals surface area (Å²) in [6.45, 7) is 0. The zero-order valence-electron chi connectivity index (χ0n) is 13.7. The zero-order chi connectivity index (χ0) is 20.0. The van der Waals surface area contributed by atoms with Crippen LogP contribution in [0.15, 0.2) is 42.5 Å². The van der Waals surface area contributed by atoms with Crippen molar-refractivity contribution < 1.29 is 22.9 Å². The van der Waals surface area contributed by atoms with Crippen LogP contribution < -0.4 is 10.9 Å². The summed E-state index contributed by atoms with van der Waals surface area (Å²) in [6, 6.07) is 10.5. The fraction of sp³-hybridized carbons (Fsp3) is 0.176. The van der Waals surface area contributed by atoms with Crippen molar-refractivity contribution in [3.05, 3.63) is 69.3 Å². The highest BCUT2D eigenvalue weighted by atomic mass is 19.4. The molecule has 2 rings (SSSR count). The van der Waals surface area contributed by atoms with Gasteiger partial charge in [-0.15, -0.1) is 0 Å². The van der Waals surface area contributed by atoms with Crippen molar-refractivity contribution in [3.8, 4) is 6.07 Å². The normalized spacial score (nSPS) is 10.7. The van der Waals surface area contributed by atoms with Crippen molar-refractivity contribution in [2.45, 2.75) is 19.0 Å². The minimum Gasteiger partial charge on any atom is -0.292 e. The van der Waals surface area contributed by atoms with Crippen molar-refractivity contribution >= 4 is 17.3 Å². The van der Waals surface area contributed by atoms with Gasteiger partial charge in [0, 0.05) is 12.5 Å². The minimum atomic E-state index is -4.71. The highest BCUT2D eigenvalue weighted by molar-refractivity contribution is 5.78. The molecule has 0 radical (unpaired) electrons. The van der Waals surface area contributed by atoms with E-state index >= 15 is 0 Å². The number of nitriles is 1. The molecular weight excluding hydrogens is 365 g/mol. The molecule has 27 heavy (non-hydrogen) atoms. The van der Waals surface area contributed by atoms with Gasteiger partial charge < -0.3 is 0 Å². The molecule has 0 aliphatic carbocycles. The van der Waals surface area contributed by atoms with Gasteiger partial charge in [0.1, 0.15) is 5.69 Å². The number of nitro groups is 1. The van der Waals surface area contributed by atoms with Gasteiger partial charge in [-0.2, -0.15) is 18.4 Å². The van der Waals surface area contributed by atoms with E-state index in [-0.39, 0.29) is 12.1 Å². The van der Waals surface area contributed by atoms with Crippen LogP contribution in [0.25, 0.3) is 0 Å². The van der Waals surface area contributed by atoms with Crippen LogP contribution in [0.4, 0.5) is 24.5 Å². The molecule has 0 aliphatic rings. The molecule has 1 amide bonds. The highest BCUT2D eigenvalue weighted by Gasteiger charge is 2.33. The Kier molecular flexibility index (Phi) is 5.97. The molecule has 2 aromatic rings. The third-order valence-electron chi connectivity index (χ3n) is 3.58. The molecule has 10 heteroatoms. The Morgan fingerprint density at radius 1 is 1.19 bits per heavy atom. The van der Waals surface area contributed by atoms with E-state index in [4.69, 9.17) is 5.26 Å². The molecule has 2 aromatic carbocycles. The van der Waals surface area contributed by atoms with Crippen molar-refractivity contribution in [1.29, 1.82) is 5.26 Å². The van der Waals surface area contributed by atoms with Gasteiger partial charge in [0.15, 0.2) is 0 Å². The molecule has 0 saturated carbocycles. The minimum absolute atomic E-state index is 0.0351. The number of anilines is 1. The third-order valence-corrected chi connectivity index (χ3v) is 3.58. The number of hydrazine groups is 1. The van der Waals surface area contributed by atoms with Gasteiger partial charge in [0.2, 0.25) is 5.91 Å². The average molecular weight is 378 g/mol. The summed E-state index contributed by atoms with van der Waals surface area (Å²) in [5.41, 5.74) is 3.56. The first-order valence-corrected chi connectivity index (χ1v) is 7.60. The summed E-state index contributed by atoms with van der Waals surface area (Å²) in [5.74, 6) is -0.506. The largest absolute Gasteiger partial charge is 0.416 e. The number of rotatable bonds is 6. The van der Waals surface area contributed by atoms with E-state index in [1.54, 1.807) is 24.3 Å². The number of hydrogen-bond donors (Lipinski definition) is 2. The van der Waals surface area contributed by atoms with E-state index in [1.807, 2.05) is 6.07 Å². The summed E-state index contributed by atoms with van der Waals surface area (Å²) in [6.07, 6.45) is -4.32. The van der Waals surface area contributed by atoms with E-state index < -0.39 is 28.3 Å². The molecule has 0 aromatic heterocycles. The Bertz CT molecular complexity index is 890. The number of benzene rings is 2. The summed E-state index contributed by atoms with van der Waals surface area (Å²) < 4.78 is 38.0. The number of nitrogens with zero attached hydrogens (tertiary/aromatic N) is 2. The summed E-state index contributed by atoms with van der Waals surface area (Å²) in [7, 11) is 0. The van der Waals surface area contributed by atoms with E-state index in [0.29, 0.717) is 24.1 Å².